The van der Waals surface area contributed by atoms with Crippen LogP contribution in [0.5, 0.6) is 0 Å². The molecule has 1 amide bonds. The first-order chi connectivity index (χ1) is 8.60. The second-order valence-electron chi connectivity index (χ2n) is 5.31. The van der Waals surface area contributed by atoms with Crippen molar-refractivity contribution in [1.82, 2.24) is 5.32 Å². The summed E-state index contributed by atoms with van der Waals surface area (Å²) in [5, 5.41) is 3.01. The molecule has 18 heavy (non-hydrogen) atoms. The number of carbonyl (C=O) groups excluding carboxylic acids is 1. The molecule has 1 aliphatic carbocycles. The summed E-state index contributed by atoms with van der Waals surface area (Å²) in [5.74, 6) is -0.381. The first-order valence-corrected chi connectivity index (χ1v) is 6.78. The largest absolute Gasteiger partial charge is 0.369 e. The van der Waals surface area contributed by atoms with Crippen molar-refractivity contribution in [2.45, 2.75) is 57.5 Å². The Kier molecular flexibility index (Phi) is 4.59. The molecule has 0 radical (unpaired) electrons. The van der Waals surface area contributed by atoms with Gasteiger partial charge in [-0.1, -0.05) is 0 Å². The van der Waals surface area contributed by atoms with Gasteiger partial charge in [0.25, 0.3) is 0 Å². The topological polar surface area (TPSA) is 56.8 Å². The number of carbonyl (C=O) groups is 1. The van der Waals surface area contributed by atoms with E-state index in [1.807, 2.05) is 13.8 Å². The van der Waals surface area contributed by atoms with Crippen LogP contribution >= 0.6 is 0 Å². The third kappa shape index (κ3) is 3.67. The van der Waals surface area contributed by atoms with Crippen molar-refractivity contribution in [3.8, 4) is 0 Å². The van der Waals surface area contributed by atoms with Crippen LogP contribution in [0.2, 0.25) is 0 Å². The monoisotopic (exact) mass is 257 g/mol. The summed E-state index contributed by atoms with van der Waals surface area (Å²) in [6.07, 6.45) is 3.64. The van der Waals surface area contributed by atoms with E-state index in [1.54, 1.807) is 0 Å². The average Bonchev–Trinajstić information content (AvgIpc) is 2.79. The van der Waals surface area contributed by atoms with Crippen LogP contribution in [0.1, 0.15) is 39.5 Å². The summed E-state index contributed by atoms with van der Waals surface area (Å²) >= 11 is 0. The van der Waals surface area contributed by atoms with Gasteiger partial charge in [0, 0.05) is 18.9 Å². The lowest BCUT2D eigenvalue weighted by Crippen LogP contribution is -2.45. The maximum Gasteiger partial charge on any atom is 0.246 e. The van der Waals surface area contributed by atoms with Crippen molar-refractivity contribution in [2.24, 2.45) is 0 Å². The lowest BCUT2D eigenvalue weighted by molar-refractivity contribution is -0.180. The van der Waals surface area contributed by atoms with Gasteiger partial charge in [-0.3, -0.25) is 4.79 Å². The molecule has 1 N–H and O–H groups in total. The summed E-state index contributed by atoms with van der Waals surface area (Å²) in [4.78, 5) is 11.6. The maximum absolute atomic E-state index is 11.6. The SMILES string of the molecule is CC(C)OCC(=O)NC1CCC2(CC1)OCCO2. The quantitative estimate of drug-likeness (QED) is 0.822. The van der Waals surface area contributed by atoms with Crippen molar-refractivity contribution in [2.75, 3.05) is 19.8 Å². The molecule has 0 aromatic carbocycles. The highest BCUT2D eigenvalue weighted by Gasteiger charge is 2.40. The van der Waals surface area contributed by atoms with E-state index >= 15 is 0 Å². The lowest BCUT2D eigenvalue weighted by atomic mass is 9.90. The summed E-state index contributed by atoms with van der Waals surface area (Å²) in [5.41, 5.74) is 0. The van der Waals surface area contributed by atoms with Crippen LogP contribution in [0.25, 0.3) is 0 Å². The zero-order valence-electron chi connectivity index (χ0n) is 11.2. The smallest absolute Gasteiger partial charge is 0.246 e. The standard InChI is InChI=1S/C13H23NO4/c1-10(2)16-9-12(15)14-11-3-5-13(6-4-11)17-7-8-18-13/h10-11H,3-9H2,1-2H3,(H,14,15). The van der Waals surface area contributed by atoms with Gasteiger partial charge in [-0.2, -0.15) is 0 Å². The van der Waals surface area contributed by atoms with Crippen molar-refractivity contribution in [1.29, 1.82) is 0 Å². The predicted molar refractivity (Wildman–Crippen MR) is 66.1 cm³/mol. The summed E-state index contributed by atoms with van der Waals surface area (Å²) in [6, 6.07) is 0.228. The zero-order chi connectivity index (χ0) is 13.0. The van der Waals surface area contributed by atoms with Crippen LogP contribution in [0, 0.1) is 0 Å². The molecule has 104 valence electrons. The van der Waals surface area contributed by atoms with E-state index in [4.69, 9.17) is 14.2 Å². The fourth-order valence-electron chi connectivity index (χ4n) is 2.50. The molecule has 5 heteroatoms. The van der Waals surface area contributed by atoms with Gasteiger partial charge in [-0.15, -0.1) is 0 Å². The summed E-state index contributed by atoms with van der Waals surface area (Å²) in [6.45, 7) is 5.38. The highest BCUT2D eigenvalue weighted by molar-refractivity contribution is 5.77. The van der Waals surface area contributed by atoms with Crippen molar-refractivity contribution in [3.63, 3.8) is 0 Å². The molecule has 0 bridgehead atoms. The molecule has 2 fully saturated rings. The van der Waals surface area contributed by atoms with Crippen LogP contribution in [0.4, 0.5) is 0 Å². The third-order valence-corrected chi connectivity index (χ3v) is 3.47. The van der Waals surface area contributed by atoms with E-state index in [1.165, 1.54) is 0 Å². The van der Waals surface area contributed by atoms with Crippen LogP contribution in [-0.2, 0) is 19.0 Å². The van der Waals surface area contributed by atoms with Crippen molar-refractivity contribution < 1.29 is 19.0 Å². The molecule has 1 heterocycles. The van der Waals surface area contributed by atoms with Crippen molar-refractivity contribution in [3.05, 3.63) is 0 Å². The van der Waals surface area contributed by atoms with Gasteiger partial charge in [-0.05, 0) is 26.7 Å². The number of rotatable bonds is 4. The summed E-state index contributed by atoms with van der Waals surface area (Å²) in [7, 11) is 0. The first kappa shape index (κ1) is 13.8. The normalized spacial score (nSPS) is 23.7. The van der Waals surface area contributed by atoms with Gasteiger partial charge in [-0.25, -0.2) is 0 Å². The fraction of sp³-hybridized carbons (Fsp3) is 0.923. The molecule has 0 atom stereocenters. The van der Waals surface area contributed by atoms with Crippen molar-refractivity contribution >= 4 is 5.91 Å². The molecule has 2 rings (SSSR count). The molecule has 1 aliphatic heterocycles. The molecule has 1 saturated carbocycles. The van der Waals surface area contributed by atoms with E-state index in [2.05, 4.69) is 5.32 Å². The zero-order valence-corrected chi connectivity index (χ0v) is 11.2. The predicted octanol–water partition coefficient (Wildman–Crippen LogP) is 1.21. The van der Waals surface area contributed by atoms with Gasteiger partial charge in [0.15, 0.2) is 5.79 Å². The molecule has 0 aromatic rings. The molecular weight excluding hydrogens is 234 g/mol. The Hall–Kier alpha value is -0.650. The van der Waals surface area contributed by atoms with E-state index in [0.717, 1.165) is 25.7 Å². The van der Waals surface area contributed by atoms with Crippen LogP contribution < -0.4 is 5.32 Å². The van der Waals surface area contributed by atoms with E-state index in [-0.39, 0.29) is 30.4 Å². The number of hydrogen-bond donors (Lipinski definition) is 1. The second kappa shape index (κ2) is 5.99. The van der Waals surface area contributed by atoms with Crippen LogP contribution in [0.3, 0.4) is 0 Å². The first-order valence-electron chi connectivity index (χ1n) is 6.78. The second-order valence-corrected chi connectivity index (χ2v) is 5.31. The van der Waals surface area contributed by atoms with Crippen LogP contribution in [0.15, 0.2) is 0 Å². The molecule has 1 saturated heterocycles. The Labute approximate surface area is 108 Å². The molecular formula is C13H23NO4. The van der Waals surface area contributed by atoms with Gasteiger partial charge in [0.1, 0.15) is 6.61 Å². The molecule has 2 aliphatic rings. The Morgan fingerprint density at radius 2 is 1.94 bits per heavy atom. The lowest BCUT2D eigenvalue weighted by Gasteiger charge is -2.35. The Morgan fingerprint density at radius 1 is 1.33 bits per heavy atom. The minimum absolute atomic E-state index is 0.0297. The highest BCUT2D eigenvalue weighted by Crippen LogP contribution is 2.35. The van der Waals surface area contributed by atoms with E-state index in [0.29, 0.717) is 13.2 Å². The molecule has 0 aromatic heterocycles. The average molecular weight is 257 g/mol. The number of amides is 1. The Morgan fingerprint density at radius 3 is 2.50 bits per heavy atom. The maximum atomic E-state index is 11.6. The summed E-state index contributed by atoms with van der Waals surface area (Å²) < 4.78 is 16.6. The molecule has 1 spiro atoms. The van der Waals surface area contributed by atoms with Gasteiger partial charge in [0.2, 0.25) is 5.91 Å². The number of ether oxygens (including phenoxy) is 3. The van der Waals surface area contributed by atoms with Crippen LogP contribution in [-0.4, -0.2) is 43.7 Å². The minimum Gasteiger partial charge on any atom is -0.369 e. The number of nitrogens with one attached hydrogen (secondary N) is 1. The third-order valence-electron chi connectivity index (χ3n) is 3.47. The Bertz CT molecular complexity index is 277. The van der Waals surface area contributed by atoms with Gasteiger partial charge < -0.3 is 19.5 Å². The van der Waals surface area contributed by atoms with E-state index in [9.17, 15) is 4.79 Å². The fourth-order valence-corrected chi connectivity index (χ4v) is 2.50. The van der Waals surface area contributed by atoms with Gasteiger partial charge >= 0.3 is 0 Å². The van der Waals surface area contributed by atoms with E-state index < -0.39 is 0 Å². The Balaban J connectivity index is 1.68. The molecule has 0 unspecified atom stereocenters. The molecule has 5 nitrogen and oxygen atoms in total. The number of hydrogen-bond acceptors (Lipinski definition) is 4. The highest BCUT2D eigenvalue weighted by atomic mass is 16.7. The minimum atomic E-state index is -0.352. The van der Waals surface area contributed by atoms with Gasteiger partial charge in [0.05, 0.1) is 19.3 Å².